The van der Waals surface area contributed by atoms with E-state index in [4.69, 9.17) is 0 Å². The molecule has 2 N–H and O–H groups in total. The molecule has 0 spiro atoms. The molecule has 1 aromatic heterocycles. The summed E-state index contributed by atoms with van der Waals surface area (Å²) in [5.74, 6) is -0.545. The van der Waals surface area contributed by atoms with Crippen molar-refractivity contribution in [3.8, 4) is 11.3 Å². The number of thiazole rings is 1. The summed E-state index contributed by atoms with van der Waals surface area (Å²) in [7, 11) is 0. The van der Waals surface area contributed by atoms with E-state index in [-0.39, 0.29) is 23.8 Å². The van der Waals surface area contributed by atoms with Crippen LogP contribution in [0.25, 0.3) is 11.3 Å². The topological polar surface area (TPSA) is 54.0 Å². The number of nitrogens with zero attached hydrogens (tertiary/aromatic N) is 1. The van der Waals surface area contributed by atoms with Gasteiger partial charge in [0, 0.05) is 17.0 Å². The molecule has 0 atom stereocenters. The monoisotopic (exact) mass is 395 g/mol. The third-order valence-electron chi connectivity index (χ3n) is 4.93. The Hall–Kier alpha value is -2.57. The van der Waals surface area contributed by atoms with Crippen LogP contribution in [0.2, 0.25) is 0 Å². The van der Waals surface area contributed by atoms with Gasteiger partial charge in [-0.3, -0.25) is 4.79 Å². The fourth-order valence-electron chi connectivity index (χ4n) is 3.50. The molecule has 0 radical (unpaired) electrons. The molecule has 2 heterocycles. The second-order valence-corrected chi connectivity index (χ2v) is 8.37. The van der Waals surface area contributed by atoms with Crippen molar-refractivity contribution < 1.29 is 9.18 Å². The van der Waals surface area contributed by atoms with Crippen LogP contribution >= 0.6 is 11.3 Å². The second-order valence-electron chi connectivity index (χ2n) is 7.09. The highest BCUT2D eigenvalue weighted by molar-refractivity contribution is 7.12. The minimum absolute atomic E-state index is 0.173. The van der Waals surface area contributed by atoms with E-state index in [0.717, 1.165) is 33.3 Å². The number of benzene rings is 2. The van der Waals surface area contributed by atoms with Gasteiger partial charge in [-0.25, -0.2) is 9.37 Å². The standard InChI is InChI=1S/C22H22FN3OS/c1-13-3-5-15(6-4-13)22-19(28-14(2)25-22)11-20(27)26-18-8-7-16-12-24-10-9-17(16)21(18)23/h3-8,24H,9-12H2,1-2H3,(H,26,27). The third kappa shape index (κ3) is 3.84. The Morgan fingerprint density at radius 2 is 2.00 bits per heavy atom. The van der Waals surface area contributed by atoms with Crippen molar-refractivity contribution in [3.63, 3.8) is 0 Å². The molecule has 3 aromatic rings. The Bertz CT molecular complexity index is 1030. The van der Waals surface area contributed by atoms with Crippen LogP contribution in [0.15, 0.2) is 36.4 Å². The number of halogens is 1. The molecule has 0 bridgehead atoms. The van der Waals surface area contributed by atoms with Crippen molar-refractivity contribution in [2.45, 2.75) is 33.2 Å². The molecule has 0 fully saturated rings. The minimum atomic E-state index is -0.313. The summed E-state index contributed by atoms with van der Waals surface area (Å²) in [5, 5.41) is 6.89. The number of aryl methyl sites for hydroxylation is 2. The predicted molar refractivity (Wildman–Crippen MR) is 111 cm³/mol. The van der Waals surface area contributed by atoms with Gasteiger partial charge in [-0.1, -0.05) is 35.9 Å². The third-order valence-corrected chi connectivity index (χ3v) is 5.90. The maximum absolute atomic E-state index is 14.8. The van der Waals surface area contributed by atoms with Crippen LogP contribution in [0.5, 0.6) is 0 Å². The molecular weight excluding hydrogens is 373 g/mol. The van der Waals surface area contributed by atoms with E-state index >= 15 is 0 Å². The normalized spacial score (nSPS) is 13.2. The molecular formula is C22H22FN3OS. The average Bonchev–Trinajstić information content (AvgIpc) is 3.05. The van der Waals surface area contributed by atoms with Crippen LogP contribution < -0.4 is 10.6 Å². The number of anilines is 1. The van der Waals surface area contributed by atoms with Gasteiger partial charge in [-0.15, -0.1) is 11.3 Å². The molecule has 1 aliphatic heterocycles. The van der Waals surface area contributed by atoms with Gasteiger partial charge in [0.15, 0.2) is 0 Å². The van der Waals surface area contributed by atoms with Crippen molar-refractivity contribution in [1.82, 2.24) is 10.3 Å². The number of aromatic nitrogens is 1. The SMILES string of the molecule is Cc1ccc(-c2nc(C)sc2CC(=O)Nc2ccc3c(c2F)CCNC3)cc1. The first kappa shape index (κ1) is 18.8. The molecule has 28 heavy (non-hydrogen) atoms. The predicted octanol–water partition coefficient (Wildman–Crippen LogP) is 4.39. The van der Waals surface area contributed by atoms with Gasteiger partial charge in [0.2, 0.25) is 5.91 Å². The number of nitrogens with one attached hydrogen (secondary N) is 2. The largest absolute Gasteiger partial charge is 0.323 e. The lowest BCUT2D eigenvalue weighted by Crippen LogP contribution is -2.25. The maximum Gasteiger partial charge on any atom is 0.229 e. The van der Waals surface area contributed by atoms with E-state index in [2.05, 4.69) is 15.6 Å². The summed E-state index contributed by atoms with van der Waals surface area (Å²) < 4.78 is 14.8. The Morgan fingerprint density at radius 1 is 1.21 bits per heavy atom. The van der Waals surface area contributed by atoms with Gasteiger partial charge in [0.1, 0.15) is 5.82 Å². The van der Waals surface area contributed by atoms with Crippen molar-refractivity contribution >= 4 is 22.9 Å². The van der Waals surface area contributed by atoms with E-state index in [1.807, 2.05) is 44.2 Å². The highest BCUT2D eigenvalue weighted by atomic mass is 32.1. The molecule has 0 aliphatic carbocycles. The van der Waals surface area contributed by atoms with Crippen molar-refractivity contribution in [2.24, 2.45) is 0 Å². The number of amides is 1. The van der Waals surface area contributed by atoms with E-state index in [1.165, 1.54) is 16.9 Å². The van der Waals surface area contributed by atoms with Crippen molar-refractivity contribution in [1.29, 1.82) is 0 Å². The molecule has 0 unspecified atom stereocenters. The van der Waals surface area contributed by atoms with Crippen LogP contribution in [-0.4, -0.2) is 17.4 Å². The zero-order chi connectivity index (χ0) is 19.7. The number of hydrogen-bond donors (Lipinski definition) is 2. The summed E-state index contributed by atoms with van der Waals surface area (Å²) in [6.45, 7) is 5.39. The molecule has 6 heteroatoms. The molecule has 144 valence electrons. The van der Waals surface area contributed by atoms with Crippen LogP contribution in [0.4, 0.5) is 10.1 Å². The molecule has 4 rings (SSSR count). The van der Waals surface area contributed by atoms with Crippen molar-refractivity contribution in [3.05, 3.63) is 68.8 Å². The minimum Gasteiger partial charge on any atom is -0.323 e. The Morgan fingerprint density at radius 3 is 2.79 bits per heavy atom. The lowest BCUT2D eigenvalue weighted by atomic mass is 9.99. The van der Waals surface area contributed by atoms with Gasteiger partial charge in [-0.05, 0) is 44.0 Å². The van der Waals surface area contributed by atoms with E-state index < -0.39 is 0 Å². The summed E-state index contributed by atoms with van der Waals surface area (Å²) in [6.07, 6.45) is 0.809. The molecule has 1 aliphatic rings. The number of hydrogen-bond acceptors (Lipinski definition) is 4. The fraction of sp³-hybridized carbons (Fsp3) is 0.273. The number of carbonyl (C=O) groups is 1. The number of rotatable bonds is 4. The lowest BCUT2D eigenvalue weighted by Gasteiger charge is -2.19. The summed E-state index contributed by atoms with van der Waals surface area (Å²) >= 11 is 1.51. The van der Waals surface area contributed by atoms with Gasteiger partial charge in [-0.2, -0.15) is 0 Å². The summed E-state index contributed by atoms with van der Waals surface area (Å²) in [4.78, 5) is 18.1. The van der Waals surface area contributed by atoms with Crippen LogP contribution in [0, 0.1) is 19.7 Å². The zero-order valence-corrected chi connectivity index (χ0v) is 16.8. The first-order chi connectivity index (χ1) is 13.5. The summed E-state index contributed by atoms with van der Waals surface area (Å²) in [6, 6.07) is 11.6. The molecule has 0 saturated heterocycles. The molecule has 0 saturated carbocycles. The summed E-state index contributed by atoms with van der Waals surface area (Å²) in [5.41, 5.74) is 4.91. The number of carbonyl (C=O) groups excluding carboxylic acids is 1. The zero-order valence-electron chi connectivity index (χ0n) is 15.9. The first-order valence-electron chi connectivity index (χ1n) is 9.35. The highest BCUT2D eigenvalue weighted by Gasteiger charge is 2.19. The molecule has 4 nitrogen and oxygen atoms in total. The number of fused-ring (bicyclic) bond motifs is 1. The van der Waals surface area contributed by atoms with Crippen LogP contribution in [-0.2, 0) is 24.2 Å². The molecule has 1 amide bonds. The van der Waals surface area contributed by atoms with E-state index in [9.17, 15) is 9.18 Å². The smallest absolute Gasteiger partial charge is 0.229 e. The van der Waals surface area contributed by atoms with Crippen LogP contribution in [0.3, 0.4) is 0 Å². The Kier molecular flexibility index (Phi) is 5.24. The fourth-order valence-corrected chi connectivity index (χ4v) is 4.45. The van der Waals surface area contributed by atoms with Gasteiger partial charge in [0.05, 0.1) is 22.8 Å². The highest BCUT2D eigenvalue weighted by Crippen LogP contribution is 2.30. The van der Waals surface area contributed by atoms with Gasteiger partial charge < -0.3 is 10.6 Å². The quantitative estimate of drug-likeness (QED) is 0.689. The van der Waals surface area contributed by atoms with Crippen molar-refractivity contribution in [2.75, 3.05) is 11.9 Å². The molecule has 2 aromatic carbocycles. The lowest BCUT2D eigenvalue weighted by molar-refractivity contribution is -0.115. The second kappa shape index (κ2) is 7.81. The van der Waals surface area contributed by atoms with E-state index in [0.29, 0.717) is 18.5 Å². The van der Waals surface area contributed by atoms with Gasteiger partial charge >= 0.3 is 0 Å². The van der Waals surface area contributed by atoms with E-state index in [1.54, 1.807) is 6.07 Å². The average molecular weight is 396 g/mol. The maximum atomic E-state index is 14.8. The Labute approximate surface area is 167 Å². The first-order valence-corrected chi connectivity index (χ1v) is 10.2. The Balaban J connectivity index is 1.54. The van der Waals surface area contributed by atoms with Crippen LogP contribution in [0.1, 0.15) is 26.6 Å². The van der Waals surface area contributed by atoms with Gasteiger partial charge in [0.25, 0.3) is 0 Å².